The van der Waals surface area contributed by atoms with Gasteiger partial charge < -0.3 is 11.1 Å². The molecule has 1 aromatic rings. The number of rotatable bonds is 5. The van der Waals surface area contributed by atoms with Crippen molar-refractivity contribution in [1.29, 1.82) is 0 Å². The van der Waals surface area contributed by atoms with Gasteiger partial charge >= 0.3 is 0 Å². The zero-order valence-corrected chi connectivity index (χ0v) is 11.6. The number of nitrogens with one attached hydrogen (secondary N) is 1. The zero-order chi connectivity index (χ0) is 12.7. The van der Waals surface area contributed by atoms with E-state index in [0.29, 0.717) is 11.9 Å². The molecule has 0 aliphatic rings. The van der Waals surface area contributed by atoms with Crippen molar-refractivity contribution in [1.82, 2.24) is 0 Å². The highest BCUT2D eigenvalue weighted by molar-refractivity contribution is 7.98. The van der Waals surface area contributed by atoms with Crippen molar-refractivity contribution in [2.45, 2.75) is 19.8 Å². The van der Waals surface area contributed by atoms with Crippen LogP contribution >= 0.6 is 11.8 Å². The highest BCUT2D eigenvalue weighted by Crippen LogP contribution is 2.18. The molecule has 0 heterocycles. The molecule has 0 atom stereocenters. The van der Waals surface area contributed by atoms with Crippen molar-refractivity contribution in [2.24, 2.45) is 10.7 Å². The van der Waals surface area contributed by atoms with Gasteiger partial charge in [-0.2, -0.15) is 11.8 Å². The summed E-state index contributed by atoms with van der Waals surface area (Å²) >= 11 is 1.77. The first kappa shape index (κ1) is 13.9. The summed E-state index contributed by atoms with van der Waals surface area (Å²) in [6.07, 6.45) is 2.06. The van der Waals surface area contributed by atoms with Crippen LogP contribution in [0.1, 0.15) is 25.3 Å². The quantitative estimate of drug-likeness (QED) is 0.480. The van der Waals surface area contributed by atoms with Crippen molar-refractivity contribution in [3.63, 3.8) is 0 Å². The van der Waals surface area contributed by atoms with Crippen molar-refractivity contribution in [3.8, 4) is 0 Å². The minimum Gasteiger partial charge on any atom is -0.370 e. The molecule has 0 spiro atoms. The summed E-state index contributed by atoms with van der Waals surface area (Å²) in [6, 6.07) is 8.27. The normalized spacial score (nSPS) is 11.9. The van der Waals surface area contributed by atoms with Gasteiger partial charge in [-0.25, -0.2) is 0 Å². The van der Waals surface area contributed by atoms with Gasteiger partial charge in [0, 0.05) is 11.4 Å². The number of benzene rings is 1. The lowest BCUT2D eigenvalue weighted by molar-refractivity contribution is 0.867. The molecule has 0 saturated carbocycles. The van der Waals surface area contributed by atoms with Crippen LogP contribution in [0.25, 0.3) is 0 Å². The van der Waals surface area contributed by atoms with Gasteiger partial charge in [-0.1, -0.05) is 26.0 Å². The molecule has 3 nitrogen and oxygen atoms in total. The van der Waals surface area contributed by atoms with E-state index in [0.717, 1.165) is 18.0 Å². The van der Waals surface area contributed by atoms with Crippen LogP contribution in [0.3, 0.4) is 0 Å². The lowest BCUT2D eigenvalue weighted by Crippen LogP contribution is -2.23. The van der Waals surface area contributed by atoms with Crippen molar-refractivity contribution in [2.75, 3.05) is 23.9 Å². The molecule has 0 aliphatic heterocycles. The van der Waals surface area contributed by atoms with Gasteiger partial charge in [-0.3, -0.25) is 4.99 Å². The van der Waals surface area contributed by atoms with E-state index in [2.05, 4.69) is 42.5 Å². The Morgan fingerprint density at radius 2 is 2.24 bits per heavy atom. The second-order valence-corrected chi connectivity index (χ2v) is 5.15. The number of anilines is 1. The summed E-state index contributed by atoms with van der Waals surface area (Å²) in [5, 5.41) is 3.11. The molecule has 94 valence electrons. The topological polar surface area (TPSA) is 50.4 Å². The van der Waals surface area contributed by atoms with E-state index in [1.165, 1.54) is 5.56 Å². The summed E-state index contributed by atoms with van der Waals surface area (Å²) in [6.45, 7) is 5.11. The zero-order valence-electron chi connectivity index (χ0n) is 10.7. The average Bonchev–Trinajstić information content (AvgIpc) is 2.29. The van der Waals surface area contributed by atoms with Crippen molar-refractivity contribution in [3.05, 3.63) is 29.8 Å². The molecule has 3 N–H and O–H groups in total. The lowest BCUT2D eigenvalue weighted by Gasteiger charge is -2.09. The van der Waals surface area contributed by atoms with Gasteiger partial charge in [-0.15, -0.1) is 0 Å². The van der Waals surface area contributed by atoms with Gasteiger partial charge in [0.05, 0.1) is 6.54 Å². The minimum atomic E-state index is 0.486. The second-order valence-electron chi connectivity index (χ2n) is 4.16. The molecular weight excluding hydrogens is 230 g/mol. The largest absolute Gasteiger partial charge is 0.370 e. The van der Waals surface area contributed by atoms with E-state index in [1.54, 1.807) is 11.8 Å². The molecule has 0 aromatic heterocycles. The van der Waals surface area contributed by atoms with E-state index < -0.39 is 0 Å². The SMILES string of the molecule is CSCCN=C(N)Nc1cccc(C(C)C)c1. The molecule has 0 unspecified atom stereocenters. The Labute approximate surface area is 108 Å². The average molecular weight is 251 g/mol. The van der Waals surface area contributed by atoms with Gasteiger partial charge in [0.15, 0.2) is 5.96 Å². The maximum Gasteiger partial charge on any atom is 0.193 e. The Balaban J connectivity index is 2.61. The van der Waals surface area contributed by atoms with Gasteiger partial charge in [0.1, 0.15) is 0 Å². The fraction of sp³-hybridized carbons (Fsp3) is 0.462. The van der Waals surface area contributed by atoms with E-state index >= 15 is 0 Å². The smallest absolute Gasteiger partial charge is 0.193 e. The summed E-state index contributed by atoms with van der Waals surface area (Å²) in [5.41, 5.74) is 8.10. The van der Waals surface area contributed by atoms with Crippen molar-refractivity contribution < 1.29 is 0 Å². The maximum atomic E-state index is 5.80. The number of guanidine groups is 1. The van der Waals surface area contributed by atoms with E-state index in [9.17, 15) is 0 Å². The molecule has 0 aliphatic carbocycles. The molecule has 1 aromatic carbocycles. The highest BCUT2D eigenvalue weighted by atomic mass is 32.2. The maximum absolute atomic E-state index is 5.80. The third kappa shape index (κ3) is 5.13. The first-order valence-electron chi connectivity index (χ1n) is 5.79. The molecule has 1 rings (SSSR count). The molecule has 0 saturated heterocycles. The Morgan fingerprint density at radius 1 is 1.47 bits per heavy atom. The summed E-state index contributed by atoms with van der Waals surface area (Å²) < 4.78 is 0. The van der Waals surface area contributed by atoms with Crippen LogP contribution < -0.4 is 11.1 Å². The van der Waals surface area contributed by atoms with Crippen LogP contribution in [0, 0.1) is 0 Å². The summed E-state index contributed by atoms with van der Waals surface area (Å²) in [7, 11) is 0. The van der Waals surface area contributed by atoms with E-state index in [-0.39, 0.29) is 0 Å². The number of hydrogen-bond donors (Lipinski definition) is 2. The third-order valence-corrected chi connectivity index (χ3v) is 2.99. The third-order valence-electron chi connectivity index (χ3n) is 2.40. The lowest BCUT2D eigenvalue weighted by atomic mass is 10.0. The first-order valence-corrected chi connectivity index (χ1v) is 7.18. The Bertz CT molecular complexity index is 375. The Hall–Kier alpha value is -1.16. The minimum absolute atomic E-state index is 0.486. The van der Waals surface area contributed by atoms with E-state index in [1.807, 2.05) is 12.1 Å². The molecular formula is C13H21N3S. The number of aliphatic imine (C=N–C) groups is 1. The van der Waals surface area contributed by atoms with E-state index in [4.69, 9.17) is 5.73 Å². The molecule has 0 fully saturated rings. The number of nitrogens with zero attached hydrogens (tertiary/aromatic N) is 1. The highest BCUT2D eigenvalue weighted by Gasteiger charge is 2.00. The number of nitrogens with two attached hydrogens (primary N) is 1. The first-order chi connectivity index (χ1) is 8.13. The predicted octanol–water partition coefficient (Wildman–Crippen LogP) is 2.90. The summed E-state index contributed by atoms with van der Waals surface area (Å²) in [5.74, 6) is 2.00. The van der Waals surface area contributed by atoms with Gasteiger partial charge in [0.2, 0.25) is 0 Å². The molecule has 0 amide bonds. The van der Waals surface area contributed by atoms with Crippen LogP contribution in [0.2, 0.25) is 0 Å². The van der Waals surface area contributed by atoms with Gasteiger partial charge in [-0.05, 0) is 29.9 Å². The monoisotopic (exact) mass is 251 g/mol. The summed E-state index contributed by atoms with van der Waals surface area (Å²) in [4.78, 5) is 4.25. The van der Waals surface area contributed by atoms with Crippen LogP contribution in [-0.4, -0.2) is 24.5 Å². The van der Waals surface area contributed by atoms with Crippen LogP contribution in [0.5, 0.6) is 0 Å². The number of thioether (sulfide) groups is 1. The Kier molecular flexibility index (Phi) is 5.91. The molecule has 17 heavy (non-hydrogen) atoms. The number of hydrogen-bond acceptors (Lipinski definition) is 2. The predicted molar refractivity (Wildman–Crippen MR) is 79.0 cm³/mol. The standard InChI is InChI=1S/C13H21N3S/c1-10(2)11-5-4-6-12(9-11)16-13(14)15-7-8-17-3/h4-6,9-10H,7-8H2,1-3H3,(H3,14,15,16). The second kappa shape index (κ2) is 7.22. The molecule has 0 radical (unpaired) electrons. The van der Waals surface area contributed by atoms with Crippen LogP contribution in [-0.2, 0) is 0 Å². The van der Waals surface area contributed by atoms with Gasteiger partial charge in [0.25, 0.3) is 0 Å². The fourth-order valence-corrected chi connectivity index (χ4v) is 1.69. The van der Waals surface area contributed by atoms with Crippen molar-refractivity contribution >= 4 is 23.4 Å². The van der Waals surface area contributed by atoms with Crippen LogP contribution in [0.15, 0.2) is 29.3 Å². The molecule has 0 bridgehead atoms. The molecule has 4 heteroatoms. The Morgan fingerprint density at radius 3 is 2.88 bits per heavy atom. The van der Waals surface area contributed by atoms with Crippen LogP contribution in [0.4, 0.5) is 5.69 Å². The fourth-order valence-electron chi connectivity index (χ4n) is 1.42.